The number of ether oxygens (including phenoxy) is 4. The van der Waals surface area contributed by atoms with Crippen molar-refractivity contribution in [2.24, 2.45) is 0 Å². The summed E-state index contributed by atoms with van der Waals surface area (Å²) >= 11 is 3.64. The van der Waals surface area contributed by atoms with Crippen LogP contribution in [-0.4, -0.2) is 24.9 Å². The molecule has 5 rings (SSSR count). The smallest absolute Gasteiger partial charge is 0.161 e. The molecule has 30 heavy (non-hydrogen) atoms. The monoisotopic (exact) mass is 468 g/mol. The standard InChI is InChI=1S/C24H21BrO5/c25-19-13-18(22(26)16-6-7-20-21(12-16)28-11-10-27-20)23-17(8-9-29-23)24(19)30-14-15-4-2-1-3-5-15/h1-7,12-13,22,26H,8-11,14H2/t22-/m1/s1. The Hall–Kier alpha value is -2.70. The Labute approximate surface area is 183 Å². The van der Waals surface area contributed by atoms with Crippen molar-refractivity contribution >= 4 is 15.9 Å². The van der Waals surface area contributed by atoms with Crippen LogP contribution in [0.5, 0.6) is 23.0 Å². The Balaban J connectivity index is 1.46. The summed E-state index contributed by atoms with van der Waals surface area (Å²) in [4.78, 5) is 0. The van der Waals surface area contributed by atoms with Crippen molar-refractivity contribution in [2.45, 2.75) is 19.1 Å². The van der Waals surface area contributed by atoms with Crippen LogP contribution in [0, 0.1) is 0 Å². The maximum absolute atomic E-state index is 11.1. The Morgan fingerprint density at radius 2 is 1.73 bits per heavy atom. The topological polar surface area (TPSA) is 57.2 Å². The highest BCUT2D eigenvalue weighted by atomic mass is 79.9. The summed E-state index contributed by atoms with van der Waals surface area (Å²) in [6, 6.07) is 17.4. The van der Waals surface area contributed by atoms with Crippen LogP contribution in [0.3, 0.4) is 0 Å². The van der Waals surface area contributed by atoms with E-state index in [1.54, 1.807) is 0 Å². The quantitative estimate of drug-likeness (QED) is 0.581. The third kappa shape index (κ3) is 3.61. The van der Waals surface area contributed by atoms with Gasteiger partial charge in [0.15, 0.2) is 11.5 Å². The van der Waals surface area contributed by atoms with E-state index in [0.717, 1.165) is 33.3 Å². The number of aliphatic hydroxyl groups is 1. The molecule has 0 saturated heterocycles. The minimum Gasteiger partial charge on any atom is -0.492 e. The lowest BCUT2D eigenvalue weighted by Crippen LogP contribution is -2.15. The third-order valence-corrected chi connectivity index (χ3v) is 5.90. The van der Waals surface area contributed by atoms with Gasteiger partial charge in [-0.15, -0.1) is 0 Å². The van der Waals surface area contributed by atoms with Crippen molar-refractivity contribution in [3.8, 4) is 23.0 Å². The molecule has 0 bridgehead atoms. The van der Waals surface area contributed by atoms with Crippen molar-refractivity contribution in [2.75, 3.05) is 19.8 Å². The summed E-state index contributed by atoms with van der Waals surface area (Å²) in [6.07, 6.45) is -0.119. The van der Waals surface area contributed by atoms with E-state index in [4.69, 9.17) is 18.9 Å². The van der Waals surface area contributed by atoms with Gasteiger partial charge in [0.05, 0.1) is 11.1 Å². The van der Waals surface area contributed by atoms with Gasteiger partial charge in [0.1, 0.15) is 37.4 Å². The summed E-state index contributed by atoms with van der Waals surface area (Å²) in [6.45, 7) is 2.07. The van der Waals surface area contributed by atoms with E-state index in [-0.39, 0.29) is 0 Å². The molecule has 0 fully saturated rings. The highest BCUT2D eigenvalue weighted by molar-refractivity contribution is 9.10. The average Bonchev–Trinajstić information content (AvgIpc) is 3.27. The molecule has 6 heteroatoms. The largest absolute Gasteiger partial charge is 0.492 e. The third-order valence-electron chi connectivity index (χ3n) is 5.31. The highest BCUT2D eigenvalue weighted by Gasteiger charge is 2.28. The Bertz CT molecular complexity index is 1070. The molecule has 0 radical (unpaired) electrons. The molecule has 3 aromatic rings. The van der Waals surface area contributed by atoms with Crippen molar-refractivity contribution < 1.29 is 24.1 Å². The van der Waals surface area contributed by atoms with Crippen LogP contribution in [0.2, 0.25) is 0 Å². The maximum atomic E-state index is 11.1. The van der Waals surface area contributed by atoms with Gasteiger partial charge in [-0.3, -0.25) is 0 Å². The zero-order valence-corrected chi connectivity index (χ0v) is 17.9. The lowest BCUT2D eigenvalue weighted by molar-refractivity contribution is 0.169. The lowest BCUT2D eigenvalue weighted by Gasteiger charge is -2.22. The van der Waals surface area contributed by atoms with Gasteiger partial charge in [-0.2, -0.15) is 0 Å². The number of benzene rings is 3. The molecule has 0 aromatic heterocycles. The fraction of sp³-hybridized carbons (Fsp3) is 0.250. The maximum Gasteiger partial charge on any atom is 0.161 e. The van der Waals surface area contributed by atoms with Crippen LogP contribution in [0.15, 0.2) is 59.1 Å². The van der Waals surface area contributed by atoms with Gasteiger partial charge >= 0.3 is 0 Å². The minimum atomic E-state index is -0.854. The zero-order chi connectivity index (χ0) is 20.5. The summed E-state index contributed by atoms with van der Waals surface area (Å²) in [5, 5.41) is 11.1. The molecule has 2 aliphatic rings. The van der Waals surface area contributed by atoms with E-state index < -0.39 is 6.10 Å². The van der Waals surface area contributed by atoms with Crippen LogP contribution in [-0.2, 0) is 13.0 Å². The number of aliphatic hydroxyl groups excluding tert-OH is 1. The first kappa shape index (κ1) is 19.3. The van der Waals surface area contributed by atoms with Crippen molar-refractivity contribution in [3.05, 3.63) is 81.3 Å². The first-order valence-corrected chi connectivity index (χ1v) is 10.7. The molecule has 154 valence electrons. The Kier molecular flexibility index (Phi) is 5.27. The summed E-state index contributed by atoms with van der Waals surface area (Å²) < 4.78 is 24.1. The van der Waals surface area contributed by atoms with Crippen molar-refractivity contribution in [3.63, 3.8) is 0 Å². The zero-order valence-electron chi connectivity index (χ0n) is 16.3. The molecule has 2 aliphatic heterocycles. The van der Waals surface area contributed by atoms with Crippen LogP contribution >= 0.6 is 15.9 Å². The Morgan fingerprint density at radius 1 is 0.933 bits per heavy atom. The molecule has 0 saturated carbocycles. The molecule has 5 nitrogen and oxygen atoms in total. The summed E-state index contributed by atoms with van der Waals surface area (Å²) in [5.41, 5.74) is 3.50. The van der Waals surface area contributed by atoms with E-state index in [1.165, 1.54) is 0 Å². The fourth-order valence-electron chi connectivity index (χ4n) is 3.84. The van der Waals surface area contributed by atoms with Crippen LogP contribution in [0.1, 0.15) is 28.4 Å². The second-order valence-electron chi connectivity index (χ2n) is 7.26. The van der Waals surface area contributed by atoms with Gasteiger partial charge in [0, 0.05) is 17.5 Å². The first-order chi connectivity index (χ1) is 14.7. The highest BCUT2D eigenvalue weighted by Crippen LogP contribution is 2.46. The molecule has 2 heterocycles. The normalized spacial score (nSPS) is 15.3. The second kappa shape index (κ2) is 8.20. The van der Waals surface area contributed by atoms with Crippen LogP contribution in [0.4, 0.5) is 0 Å². The number of fused-ring (bicyclic) bond motifs is 2. The first-order valence-electron chi connectivity index (χ1n) is 9.93. The van der Waals surface area contributed by atoms with Gasteiger partial charge in [-0.25, -0.2) is 0 Å². The number of rotatable bonds is 5. The van der Waals surface area contributed by atoms with Crippen LogP contribution < -0.4 is 18.9 Å². The van der Waals surface area contributed by atoms with Gasteiger partial charge < -0.3 is 24.1 Å². The Morgan fingerprint density at radius 3 is 2.57 bits per heavy atom. The fourth-order valence-corrected chi connectivity index (χ4v) is 4.44. The molecule has 0 spiro atoms. The van der Waals surface area contributed by atoms with Crippen molar-refractivity contribution in [1.82, 2.24) is 0 Å². The minimum absolute atomic E-state index is 0.468. The molecule has 0 unspecified atom stereocenters. The number of hydrogen-bond acceptors (Lipinski definition) is 5. The van der Waals surface area contributed by atoms with E-state index in [2.05, 4.69) is 15.9 Å². The lowest BCUT2D eigenvalue weighted by atomic mass is 9.97. The number of halogens is 1. The molecular formula is C24H21BrO5. The van der Waals surface area contributed by atoms with E-state index in [9.17, 15) is 5.11 Å². The predicted molar refractivity (Wildman–Crippen MR) is 116 cm³/mol. The van der Waals surface area contributed by atoms with Gasteiger partial charge in [0.25, 0.3) is 0 Å². The van der Waals surface area contributed by atoms with Gasteiger partial charge in [0.2, 0.25) is 0 Å². The van der Waals surface area contributed by atoms with E-state index >= 15 is 0 Å². The summed E-state index contributed by atoms with van der Waals surface area (Å²) in [7, 11) is 0. The molecule has 3 aromatic carbocycles. The molecule has 1 atom stereocenters. The molecular weight excluding hydrogens is 448 g/mol. The van der Waals surface area contributed by atoms with E-state index in [1.807, 2.05) is 54.6 Å². The van der Waals surface area contributed by atoms with E-state index in [0.29, 0.717) is 49.2 Å². The molecule has 1 N–H and O–H groups in total. The van der Waals surface area contributed by atoms with Gasteiger partial charge in [-0.1, -0.05) is 36.4 Å². The average molecular weight is 469 g/mol. The summed E-state index contributed by atoms with van der Waals surface area (Å²) in [5.74, 6) is 2.81. The van der Waals surface area contributed by atoms with Crippen LogP contribution in [0.25, 0.3) is 0 Å². The van der Waals surface area contributed by atoms with Gasteiger partial charge in [-0.05, 0) is 45.3 Å². The molecule has 0 amide bonds. The SMILES string of the molecule is O[C@H](c1ccc2c(c1)OCCO2)c1cc(Br)c(OCc2ccccc2)c2c1OCC2. The molecule has 0 aliphatic carbocycles. The number of hydrogen-bond donors (Lipinski definition) is 1. The van der Waals surface area contributed by atoms with Crippen molar-refractivity contribution in [1.29, 1.82) is 0 Å². The predicted octanol–water partition coefficient (Wildman–Crippen LogP) is 4.82. The second-order valence-corrected chi connectivity index (χ2v) is 8.12.